The molecule has 172 valence electrons. The van der Waals surface area contributed by atoms with Gasteiger partial charge in [-0.05, 0) is 75.9 Å². The van der Waals surface area contributed by atoms with Crippen LogP contribution in [0.2, 0.25) is 0 Å². The Hall–Kier alpha value is -1.79. The smallest absolute Gasteiger partial charge is 0.306 e. The number of hydrogen-bond acceptors (Lipinski definition) is 5. The zero-order valence-electron chi connectivity index (χ0n) is 19.2. The van der Waals surface area contributed by atoms with E-state index < -0.39 is 5.97 Å². The standard InChI is InChI=1S/C17H30N2O2.C7H12O2/c1-4-11-19(12-6-5-10-18)13-9-15-7-8-16(20-2)17(14-15)21-3;8-7(9)6-4-2-1-3-5-6/h7-8,14H,4-6,9-13,18H2,1-3H3;6H,1-5H2,(H,8,9). The lowest BCUT2D eigenvalue weighted by molar-refractivity contribution is -0.142. The lowest BCUT2D eigenvalue weighted by Gasteiger charge is -2.21. The molecule has 1 aromatic rings. The van der Waals surface area contributed by atoms with E-state index in [4.69, 9.17) is 20.3 Å². The van der Waals surface area contributed by atoms with Gasteiger partial charge in [-0.2, -0.15) is 0 Å². The lowest BCUT2D eigenvalue weighted by Crippen LogP contribution is -2.28. The highest BCUT2D eigenvalue weighted by Crippen LogP contribution is 2.27. The van der Waals surface area contributed by atoms with Crippen LogP contribution >= 0.6 is 0 Å². The summed E-state index contributed by atoms with van der Waals surface area (Å²) < 4.78 is 10.6. The molecule has 1 saturated carbocycles. The summed E-state index contributed by atoms with van der Waals surface area (Å²) in [6, 6.07) is 6.17. The van der Waals surface area contributed by atoms with Gasteiger partial charge < -0.3 is 25.2 Å². The average molecular weight is 423 g/mol. The van der Waals surface area contributed by atoms with Gasteiger partial charge in [0.25, 0.3) is 0 Å². The predicted octanol–water partition coefficient (Wildman–Crippen LogP) is 4.35. The van der Waals surface area contributed by atoms with Gasteiger partial charge in [0.2, 0.25) is 0 Å². The van der Waals surface area contributed by atoms with E-state index >= 15 is 0 Å². The number of nitrogens with zero attached hydrogens (tertiary/aromatic N) is 1. The molecule has 1 fully saturated rings. The quantitative estimate of drug-likeness (QED) is 0.487. The molecule has 0 radical (unpaired) electrons. The number of carboxylic acid groups (broad SMARTS) is 1. The molecule has 30 heavy (non-hydrogen) atoms. The highest BCUT2D eigenvalue weighted by atomic mass is 16.5. The normalized spacial score (nSPS) is 14.2. The van der Waals surface area contributed by atoms with Crippen LogP contribution in [0.4, 0.5) is 0 Å². The third-order valence-electron chi connectivity index (χ3n) is 5.59. The minimum Gasteiger partial charge on any atom is -0.493 e. The number of aliphatic carboxylic acids is 1. The summed E-state index contributed by atoms with van der Waals surface area (Å²) in [5, 5.41) is 8.54. The van der Waals surface area contributed by atoms with Crippen molar-refractivity contribution < 1.29 is 19.4 Å². The van der Waals surface area contributed by atoms with Crippen LogP contribution in [0.3, 0.4) is 0 Å². The van der Waals surface area contributed by atoms with Gasteiger partial charge >= 0.3 is 5.97 Å². The molecule has 0 aromatic heterocycles. The summed E-state index contributed by atoms with van der Waals surface area (Å²) in [6.45, 7) is 6.38. The molecule has 6 nitrogen and oxygen atoms in total. The zero-order chi connectivity index (χ0) is 22.2. The van der Waals surface area contributed by atoms with Crippen molar-refractivity contribution in [3.05, 3.63) is 23.8 Å². The minimum atomic E-state index is -0.602. The van der Waals surface area contributed by atoms with Crippen LogP contribution in [0.15, 0.2) is 18.2 Å². The Morgan fingerprint density at radius 3 is 2.30 bits per heavy atom. The molecule has 0 bridgehead atoms. The number of unbranched alkanes of at least 4 members (excludes halogenated alkanes) is 1. The molecule has 0 unspecified atom stereocenters. The highest BCUT2D eigenvalue weighted by Gasteiger charge is 2.19. The summed E-state index contributed by atoms with van der Waals surface area (Å²) in [7, 11) is 3.34. The predicted molar refractivity (Wildman–Crippen MR) is 122 cm³/mol. The summed E-state index contributed by atoms with van der Waals surface area (Å²) >= 11 is 0. The SMILES string of the molecule is CCCN(CCCCN)CCc1ccc(OC)c(OC)c1.O=C(O)C1CCCCC1. The molecule has 0 aliphatic heterocycles. The number of hydrogen-bond donors (Lipinski definition) is 2. The molecule has 0 spiro atoms. The molecule has 0 amide bonds. The van der Waals surface area contributed by atoms with E-state index in [2.05, 4.69) is 24.0 Å². The van der Waals surface area contributed by atoms with Crippen LogP contribution in [0.1, 0.15) is 63.9 Å². The number of nitrogens with two attached hydrogens (primary N) is 1. The van der Waals surface area contributed by atoms with Crippen LogP contribution in [0.25, 0.3) is 0 Å². The van der Waals surface area contributed by atoms with Crippen molar-refractivity contribution in [1.29, 1.82) is 0 Å². The molecular weight excluding hydrogens is 380 g/mol. The molecule has 1 aromatic carbocycles. The lowest BCUT2D eigenvalue weighted by atomic mass is 9.90. The zero-order valence-corrected chi connectivity index (χ0v) is 19.2. The fraction of sp³-hybridized carbons (Fsp3) is 0.708. The molecule has 0 heterocycles. The monoisotopic (exact) mass is 422 g/mol. The van der Waals surface area contributed by atoms with Gasteiger partial charge in [-0.15, -0.1) is 0 Å². The highest BCUT2D eigenvalue weighted by molar-refractivity contribution is 5.69. The van der Waals surface area contributed by atoms with E-state index in [9.17, 15) is 4.79 Å². The molecule has 1 aliphatic rings. The second kappa shape index (κ2) is 16.0. The van der Waals surface area contributed by atoms with Crippen molar-refractivity contribution in [3.63, 3.8) is 0 Å². The van der Waals surface area contributed by atoms with Gasteiger partial charge in [0.1, 0.15) is 0 Å². The van der Waals surface area contributed by atoms with Crippen LogP contribution in [-0.2, 0) is 11.2 Å². The van der Waals surface area contributed by atoms with Crippen LogP contribution in [0.5, 0.6) is 11.5 Å². The number of carboxylic acids is 1. The van der Waals surface area contributed by atoms with E-state index in [1.807, 2.05) is 6.07 Å². The largest absolute Gasteiger partial charge is 0.493 e. The van der Waals surface area contributed by atoms with Crippen molar-refractivity contribution in [1.82, 2.24) is 4.90 Å². The third kappa shape index (κ3) is 10.3. The minimum absolute atomic E-state index is 0.0289. The van der Waals surface area contributed by atoms with Crippen molar-refractivity contribution in [2.75, 3.05) is 40.4 Å². The fourth-order valence-electron chi connectivity index (χ4n) is 3.80. The third-order valence-corrected chi connectivity index (χ3v) is 5.59. The Morgan fingerprint density at radius 1 is 1.07 bits per heavy atom. The first-order valence-corrected chi connectivity index (χ1v) is 11.4. The number of benzene rings is 1. The first-order valence-electron chi connectivity index (χ1n) is 11.4. The van der Waals surface area contributed by atoms with Crippen molar-refractivity contribution in [3.8, 4) is 11.5 Å². The van der Waals surface area contributed by atoms with E-state index in [-0.39, 0.29) is 5.92 Å². The van der Waals surface area contributed by atoms with Crippen LogP contribution in [0, 0.1) is 5.92 Å². The van der Waals surface area contributed by atoms with E-state index in [0.717, 1.165) is 76.2 Å². The maximum Gasteiger partial charge on any atom is 0.306 e. The second-order valence-corrected chi connectivity index (χ2v) is 7.95. The molecule has 3 N–H and O–H groups in total. The number of carbonyl (C=O) groups is 1. The van der Waals surface area contributed by atoms with Crippen LogP contribution < -0.4 is 15.2 Å². The Labute approximate surface area is 182 Å². The van der Waals surface area contributed by atoms with Crippen molar-refractivity contribution in [2.45, 2.75) is 64.7 Å². The molecule has 2 rings (SSSR count). The summed E-state index contributed by atoms with van der Waals surface area (Å²) in [5.41, 5.74) is 6.85. The van der Waals surface area contributed by atoms with Gasteiger partial charge in [-0.25, -0.2) is 0 Å². The van der Waals surface area contributed by atoms with Crippen LogP contribution in [-0.4, -0.2) is 56.4 Å². The Morgan fingerprint density at radius 2 is 1.77 bits per heavy atom. The van der Waals surface area contributed by atoms with Gasteiger partial charge in [0, 0.05) is 6.54 Å². The summed E-state index contributed by atoms with van der Waals surface area (Å²) in [6.07, 6.45) is 9.75. The number of rotatable bonds is 12. The molecule has 0 saturated heterocycles. The summed E-state index contributed by atoms with van der Waals surface area (Å²) in [4.78, 5) is 12.9. The molecule has 1 aliphatic carbocycles. The number of ether oxygens (including phenoxy) is 2. The summed E-state index contributed by atoms with van der Waals surface area (Å²) in [5.74, 6) is 0.961. The topological polar surface area (TPSA) is 85.0 Å². The molecule has 0 atom stereocenters. The first-order chi connectivity index (χ1) is 14.5. The molecular formula is C24H42N2O4. The number of methoxy groups -OCH3 is 2. The maximum absolute atomic E-state index is 10.4. The Bertz CT molecular complexity index is 589. The fourth-order valence-corrected chi connectivity index (χ4v) is 3.80. The maximum atomic E-state index is 10.4. The molecule has 6 heteroatoms. The van der Waals surface area contributed by atoms with E-state index in [1.165, 1.54) is 24.8 Å². The Kier molecular flexibility index (Phi) is 14.0. The Balaban J connectivity index is 0.000000414. The second-order valence-electron chi connectivity index (χ2n) is 7.95. The van der Waals surface area contributed by atoms with Gasteiger partial charge in [-0.3, -0.25) is 4.79 Å². The van der Waals surface area contributed by atoms with Crippen molar-refractivity contribution >= 4 is 5.97 Å². The van der Waals surface area contributed by atoms with Gasteiger partial charge in [-0.1, -0.05) is 32.3 Å². The van der Waals surface area contributed by atoms with Gasteiger partial charge in [0.15, 0.2) is 11.5 Å². The van der Waals surface area contributed by atoms with E-state index in [0.29, 0.717) is 0 Å². The van der Waals surface area contributed by atoms with E-state index in [1.54, 1.807) is 14.2 Å². The van der Waals surface area contributed by atoms with Crippen molar-refractivity contribution in [2.24, 2.45) is 11.7 Å². The average Bonchev–Trinajstić information content (AvgIpc) is 2.78. The first kappa shape index (κ1) is 26.2. The van der Waals surface area contributed by atoms with Gasteiger partial charge in [0.05, 0.1) is 20.1 Å².